The molecule has 2 N–H and O–H groups in total. The largest absolute Gasteiger partial charge is 0.375 e. The van der Waals surface area contributed by atoms with Gasteiger partial charge in [0.15, 0.2) is 5.11 Å². The van der Waals surface area contributed by atoms with Crippen LogP contribution in [0.3, 0.4) is 0 Å². The highest BCUT2D eigenvalue weighted by molar-refractivity contribution is 7.80. The molecule has 2 aromatic rings. The van der Waals surface area contributed by atoms with Gasteiger partial charge < -0.3 is 5.73 Å². The molecule has 102 valence electrons. The van der Waals surface area contributed by atoms with Crippen LogP contribution in [0.1, 0.15) is 22.9 Å². The molecule has 0 bridgehead atoms. The molecule has 1 atom stereocenters. The minimum Gasteiger partial charge on any atom is -0.375 e. The lowest BCUT2D eigenvalue weighted by molar-refractivity contribution is 0.373. The van der Waals surface area contributed by atoms with Gasteiger partial charge in [-0.1, -0.05) is 29.8 Å². The van der Waals surface area contributed by atoms with Crippen LogP contribution >= 0.6 is 35.2 Å². The fourth-order valence-corrected chi connectivity index (χ4v) is 3.26. The number of nitrogens with zero attached hydrogens (tertiary/aromatic N) is 2. The van der Waals surface area contributed by atoms with E-state index in [1.807, 2.05) is 35.7 Å². The fourth-order valence-electron chi connectivity index (χ4n) is 2.25. The Hall–Kier alpha value is -1.43. The maximum Gasteiger partial charge on any atom is 0.187 e. The number of thiophene rings is 1. The van der Waals surface area contributed by atoms with Crippen molar-refractivity contribution < 1.29 is 0 Å². The van der Waals surface area contributed by atoms with E-state index in [-0.39, 0.29) is 11.2 Å². The van der Waals surface area contributed by atoms with Crippen LogP contribution in [0.15, 0.2) is 46.9 Å². The number of hydrogen-bond donors (Lipinski definition) is 1. The third-order valence-corrected chi connectivity index (χ3v) is 4.55. The zero-order chi connectivity index (χ0) is 14.1. The quantitative estimate of drug-likeness (QED) is 0.855. The van der Waals surface area contributed by atoms with Crippen LogP contribution in [0.25, 0.3) is 0 Å². The average Bonchev–Trinajstić information content (AvgIpc) is 3.08. The molecule has 1 aliphatic heterocycles. The van der Waals surface area contributed by atoms with E-state index >= 15 is 0 Å². The van der Waals surface area contributed by atoms with Gasteiger partial charge in [-0.05, 0) is 41.4 Å². The van der Waals surface area contributed by atoms with E-state index in [9.17, 15) is 0 Å². The second-order valence-electron chi connectivity index (χ2n) is 4.48. The van der Waals surface area contributed by atoms with E-state index in [0.717, 1.165) is 22.6 Å². The zero-order valence-corrected chi connectivity index (χ0v) is 12.9. The van der Waals surface area contributed by atoms with Crippen molar-refractivity contribution in [1.82, 2.24) is 5.01 Å². The van der Waals surface area contributed by atoms with Crippen LogP contribution < -0.4 is 5.73 Å². The topological polar surface area (TPSA) is 41.6 Å². The van der Waals surface area contributed by atoms with Crippen LogP contribution in [0.5, 0.6) is 0 Å². The lowest BCUT2D eigenvalue weighted by Crippen LogP contribution is -2.31. The highest BCUT2D eigenvalue weighted by Gasteiger charge is 2.30. The van der Waals surface area contributed by atoms with E-state index in [1.165, 1.54) is 0 Å². The number of hydrazone groups is 1. The first-order chi connectivity index (χ1) is 9.65. The molecule has 0 aliphatic carbocycles. The average molecular weight is 322 g/mol. The third kappa shape index (κ3) is 2.57. The van der Waals surface area contributed by atoms with Gasteiger partial charge in [-0.3, -0.25) is 0 Å². The van der Waals surface area contributed by atoms with Crippen LogP contribution in [0, 0.1) is 0 Å². The van der Waals surface area contributed by atoms with Crippen molar-refractivity contribution in [2.24, 2.45) is 10.8 Å². The summed E-state index contributed by atoms with van der Waals surface area (Å²) in [5.74, 6) is 0. The summed E-state index contributed by atoms with van der Waals surface area (Å²) in [6, 6.07) is 11.8. The summed E-state index contributed by atoms with van der Waals surface area (Å²) in [4.78, 5) is 1.16. The molecule has 1 unspecified atom stereocenters. The van der Waals surface area contributed by atoms with E-state index in [2.05, 4.69) is 11.2 Å². The van der Waals surface area contributed by atoms with Crippen LogP contribution in [0.4, 0.5) is 0 Å². The minimum atomic E-state index is 0.0434. The van der Waals surface area contributed by atoms with Gasteiger partial charge in [0.1, 0.15) is 0 Å². The molecule has 0 spiro atoms. The van der Waals surface area contributed by atoms with Gasteiger partial charge in [-0.25, -0.2) is 5.01 Å². The molecule has 3 nitrogen and oxygen atoms in total. The highest BCUT2D eigenvalue weighted by Crippen LogP contribution is 2.33. The number of halogens is 1. The summed E-state index contributed by atoms with van der Waals surface area (Å²) in [6.07, 6.45) is 0.791. The van der Waals surface area contributed by atoms with Gasteiger partial charge in [0, 0.05) is 11.4 Å². The molecule has 2 heterocycles. The summed E-state index contributed by atoms with van der Waals surface area (Å²) in [7, 11) is 0. The lowest BCUT2D eigenvalue weighted by Gasteiger charge is -2.21. The molecule has 20 heavy (non-hydrogen) atoms. The van der Waals surface area contributed by atoms with Crippen LogP contribution in [0.2, 0.25) is 5.02 Å². The molecule has 0 fully saturated rings. The fraction of sp³-hybridized carbons (Fsp3) is 0.143. The Morgan fingerprint density at radius 3 is 2.70 bits per heavy atom. The first-order valence-corrected chi connectivity index (χ1v) is 7.77. The molecule has 1 aliphatic rings. The Bertz CT molecular complexity index is 650. The molecule has 0 amide bonds. The molecule has 3 rings (SSSR count). The number of rotatable bonds is 2. The number of hydrogen-bond acceptors (Lipinski definition) is 3. The second kappa shape index (κ2) is 5.52. The summed E-state index contributed by atoms with van der Waals surface area (Å²) in [5, 5.41) is 9.33. The van der Waals surface area contributed by atoms with Crippen LogP contribution in [-0.2, 0) is 0 Å². The number of nitrogens with two attached hydrogens (primary N) is 1. The van der Waals surface area contributed by atoms with Crippen molar-refractivity contribution >= 4 is 46.0 Å². The van der Waals surface area contributed by atoms with Gasteiger partial charge in [-0.15, -0.1) is 11.3 Å². The second-order valence-corrected chi connectivity index (χ2v) is 6.28. The Kier molecular flexibility index (Phi) is 3.74. The smallest absolute Gasteiger partial charge is 0.187 e. The standard InChI is InChI=1S/C14H12ClN3S2/c15-10-5-3-9(4-6-10)12-8-11(13-2-1-7-20-13)17-18(12)14(16)19/h1-7,12H,8H2,(H2,16,19). The first kappa shape index (κ1) is 13.5. The molecule has 0 radical (unpaired) electrons. The molecule has 0 saturated heterocycles. The first-order valence-electron chi connectivity index (χ1n) is 6.10. The molecule has 1 aromatic heterocycles. The van der Waals surface area contributed by atoms with Gasteiger partial charge in [-0.2, -0.15) is 5.10 Å². The monoisotopic (exact) mass is 321 g/mol. The molecular formula is C14H12ClN3S2. The van der Waals surface area contributed by atoms with E-state index in [4.69, 9.17) is 29.6 Å². The SMILES string of the molecule is NC(=S)N1N=C(c2cccs2)CC1c1ccc(Cl)cc1. The zero-order valence-electron chi connectivity index (χ0n) is 10.5. The summed E-state index contributed by atoms with van der Waals surface area (Å²) in [5.41, 5.74) is 7.93. The van der Waals surface area contributed by atoms with Gasteiger partial charge >= 0.3 is 0 Å². The minimum absolute atomic E-state index is 0.0434. The summed E-state index contributed by atoms with van der Waals surface area (Å²) in [6.45, 7) is 0. The maximum atomic E-state index is 5.94. The predicted octanol–water partition coefficient (Wildman–Crippen LogP) is 3.80. The highest BCUT2D eigenvalue weighted by atomic mass is 35.5. The predicted molar refractivity (Wildman–Crippen MR) is 88.3 cm³/mol. The normalized spacial score (nSPS) is 18.1. The van der Waals surface area contributed by atoms with E-state index < -0.39 is 0 Å². The van der Waals surface area contributed by atoms with Crippen molar-refractivity contribution in [3.05, 3.63) is 57.2 Å². The Morgan fingerprint density at radius 2 is 2.10 bits per heavy atom. The maximum absolute atomic E-state index is 5.94. The molecule has 1 aromatic carbocycles. The van der Waals surface area contributed by atoms with Crippen LogP contribution in [-0.4, -0.2) is 15.8 Å². The van der Waals surface area contributed by atoms with Gasteiger partial charge in [0.2, 0.25) is 0 Å². The Morgan fingerprint density at radius 1 is 1.35 bits per heavy atom. The molecule has 0 saturated carbocycles. The van der Waals surface area contributed by atoms with Gasteiger partial charge in [0.05, 0.1) is 16.6 Å². The summed E-state index contributed by atoms with van der Waals surface area (Å²) >= 11 is 12.7. The summed E-state index contributed by atoms with van der Waals surface area (Å²) < 4.78 is 0. The van der Waals surface area contributed by atoms with Crippen molar-refractivity contribution in [1.29, 1.82) is 0 Å². The molecular weight excluding hydrogens is 310 g/mol. The Balaban J connectivity index is 1.93. The number of benzene rings is 1. The van der Waals surface area contributed by atoms with E-state index in [1.54, 1.807) is 16.3 Å². The van der Waals surface area contributed by atoms with Crippen molar-refractivity contribution in [3.8, 4) is 0 Å². The third-order valence-electron chi connectivity index (χ3n) is 3.20. The van der Waals surface area contributed by atoms with Crippen molar-refractivity contribution in [3.63, 3.8) is 0 Å². The Labute approximate surface area is 131 Å². The van der Waals surface area contributed by atoms with Crippen molar-refractivity contribution in [2.75, 3.05) is 0 Å². The van der Waals surface area contributed by atoms with E-state index in [0.29, 0.717) is 5.02 Å². The number of thiocarbonyl (C=S) groups is 1. The lowest BCUT2D eigenvalue weighted by atomic mass is 10.0. The molecule has 6 heteroatoms. The van der Waals surface area contributed by atoms with Crippen molar-refractivity contribution in [2.45, 2.75) is 12.5 Å². The van der Waals surface area contributed by atoms with Gasteiger partial charge in [0.25, 0.3) is 0 Å².